The van der Waals surface area contributed by atoms with Gasteiger partial charge in [-0.2, -0.15) is 0 Å². The van der Waals surface area contributed by atoms with Gasteiger partial charge in [-0.05, 0) is 49.4 Å². The zero-order chi connectivity index (χ0) is 25.4. The van der Waals surface area contributed by atoms with Crippen molar-refractivity contribution in [3.8, 4) is 0 Å². The molecule has 4 amide bonds. The van der Waals surface area contributed by atoms with Gasteiger partial charge >= 0.3 is 0 Å². The van der Waals surface area contributed by atoms with Crippen molar-refractivity contribution in [1.29, 1.82) is 0 Å². The summed E-state index contributed by atoms with van der Waals surface area (Å²) in [5, 5.41) is 0. The lowest BCUT2D eigenvalue weighted by Crippen LogP contribution is -2.33. The third-order valence-corrected chi connectivity index (χ3v) is 7.38. The first-order chi connectivity index (χ1) is 17.5. The molecule has 0 spiro atoms. The topological polar surface area (TPSA) is 112 Å². The van der Waals surface area contributed by atoms with Gasteiger partial charge in [0.15, 0.2) is 0 Å². The highest BCUT2D eigenvalue weighted by Gasteiger charge is 2.55. The largest absolute Gasteiger partial charge is 0.379 e. The van der Waals surface area contributed by atoms with Gasteiger partial charge in [-0.25, -0.2) is 0 Å². The molecule has 10 nitrogen and oxygen atoms in total. The molecule has 0 aromatic heterocycles. The maximum absolute atomic E-state index is 11.5. The van der Waals surface area contributed by atoms with E-state index in [0.29, 0.717) is 71.5 Å². The van der Waals surface area contributed by atoms with Crippen LogP contribution in [0, 0.1) is 17.3 Å². The Balaban J connectivity index is 0.943. The number of fused-ring (bicyclic) bond motifs is 1. The van der Waals surface area contributed by atoms with Crippen LogP contribution in [0.25, 0.3) is 0 Å². The third-order valence-electron chi connectivity index (χ3n) is 7.38. The molecule has 0 unspecified atom stereocenters. The van der Waals surface area contributed by atoms with Crippen LogP contribution < -0.4 is 0 Å². The van der Waals surface area contributed by atoms with E-state index in [1.54, 1.807) is 0 Å². The van der Waals surface area contributed by atoms with Crippen molar-refractivity contribution in [2.75, 3.05) is 65.9 Å². The molecule has 5 aliphatic rings. The average molecular weight is 505 g/mol. The summed E-state index contributed by atoms with van der Waals surface area (Å²) in [5.74, 6) is 0.285. The molecule has 0 aromatic rings. The van der Waals surface area contributed by atoms with E-state index in [-0.39, 0.29) is 29.0 Å². The molecule has 2 aliphatic heterocycles. The van der Waals surface area contributed by atoms with Gasteiger partial charge in [0.05, 0.1) is 33.0 Å². The smallest absolute Gasteiger partial charge is 0.253 e. The molecular weight excluding hydrogens is 468 g/mol. The van der Waals surface area contributed by atoms with Crippen LogP contribution in [0.3, 0.4) is 0 Å². The fourth-order valence-corrected chi connectivity index (χ4v) is 5.56. The van der Waals surface area contributed by atoms with Gasteiger partial charge in [0, 0.05) is 57.2 Å². The van der Waals surface area contributed by atoms with E-state index >= 15 is 0 Å². The molecule has 198 valence electrons. The molecule has 3 fully saturated rings. The van der Waals surface area contributed by atoms with E-state index < -0.39 is 0 Å². The molecule has 0 aromatic carbocycles. The number of carbonyl (C=O) groups excluding carboxylic acids is 4. The normalized spacial score (nSPS) is 26.7. The molecule has 3 aliphatic carbocycles. The molecule has 36 heavy (non-hydrogen) atoms. The zero-order valence-electron chi connectivity index (χ0n) is 20.7. The van der Waals surface area contributed by atoms with Crippen molar-refractivity contribution in [1.82, 2.24) is 9.80 Å². The Morgan fingerprint density at radius 1 is 0.639 bits per heavy atom. The van der Waals surface area contributed by atoms with Crippen LogP contribution in [0.4, 0.5) is 0 Å². The van der Waals surface area contributed by atoms with Gasteiger partial charge in [0.2, 0.25) is 0 Å². The lowest BCUT2D eigenvalue weighted by Gasteiger charge is -2.38. The van der Waals surface area contributed by atoms with Crippen molar-refractivity contribution in [3.63, 3.8) is 0 Å². The molecule has 0 radical (unpaired) electrons. The predicted molar refractivity (Wildman–Crippen MR) is 127 cm³/mol. The quantitative estimate of drug-likeness (QED) is 0.202. The van der Waals surface area contributed by atoms with Gasteiger partial charge in [0.1, 0.15) is 0 Å². The highest BCUT2D eigenvalue weighted by atomic mass is 16.5. The van der Waals surface area contributed by atoms with E-state index in [0.717, 1.165) is 25.6 Å². The Bertz CT molecular complexity index is 843. The summed E-state index contributed by atoms with van der Waals surface area (Å²) >= 11 is 0. The minimum absolute atomic E-state index is 0.254. The molecule has 5 rings (SSSR count). The van der Waals surface area contributed by atoms with Crippen molar-refractivity contribution < 1.29 is 38.1 Å². The van der Waals surface area contributed by atoms with Gasteiger partial charge in [-0.1, -0.05) is 0 Å². The number of ether oxygens (including phenoxy) is 4. The summed E-state index contributed by atoms with van der Waals surface area (Å²) in [6, 6.07) is 0. The Kier molecular flexibility index (Phi) is 9.41. The summed E-state index contributed by atoms with van der Waals surface area (Å²) in [6.45, 7) is 5.36. The number of nitrogens with zero attached hydrogens (tertiary/aromatic N) is 2. The van der Waals surface area contributed by atoms with E-state index in [4.69, 9.17) is 18.9 Å². The van der Waals surface area contributed by atoms with E-state index in [9.17, 15) is 19.2 Å². The Morgan fingerprint density at radius 3 is 1.64 bits per heavy atom. The number of carbonyl (C=O) groups is 4. The lowest BCUT2D eigenvalue weighted by atomic mass is 9.70. The summed E-state index contributed by atoms with van der Waals surface area (Å²) in [6.07, 6.45) is 9.96. The molecule has 0 N–H and O–H groups in total. The summed E-state index contributed by atoms with van der Waals surface area (Å²) in [5.41, 5.74) is 0.290. The highest BCUT2D eigenvalue weighted by molar-refractivity contribution is 6.13. The lowest BCUT2D eigenvalue weighted by molar-refractivity contribution is -0.138. The fourth-order valence-electron chi connectivity index (χ4n) is 5.56. The second-order valence-corrected chi connectivity index (χ2v) is 10.0. The summed E-state index contributed by atoms with van der Waals surface area (Å²) in [7, 11) is 0. The molecule has 1 atom stereocenters. The monoisotopic (exact) mass is 504 g/mol. The van der Waals surface area contributed by atoms with Gasteiger partial charge in [-0.15, -0.1) is 0 Å². The predicted octanol–water partition coefficient (Wildman–Crippen LogP) is 1.10. The fraction of sp³-hybridized carbons (Fsp3) is 0.692. The summed E-state index contributed by atoms with van der Waals surface area (Å²) in [4.78, 5) is 48.3. The van der Waals surface area contributed by atoms with E-state index in [1.165, 1.54) is 46.9 Å². The molecule has 2 bridgehead atoms. The first kappa shape index (κ1) is 26.7. The van der Waals surface area contributed by atoms with Crippen LogP contribution in [0.15, 0.2) is 24.3 Å². The van der Waals surface area contributed by atoms with Crippen molar-refractivity contribution >= 4 is 23.6 Å². The van der Waals surface area contributed by atoms with Crippen molar-refractivity contribution in [2.24, 2.45) is 17.3 Å². The SMILES string of the molecule is O=C1C=CC(=O)N1CCCOCCOC[C@@H]1CC2(COCCOCCCN3C(=O)C=CC3=O)CC1C2. The Morgan fingerprint density at radius 2 is 1.11 bits per heavy atom. The minimum Gasteiger partial charge on any atom is -0.379 e. The molecule has 10 heteroatoms. The van der Waals surface area contributed by atoms with Gasteiger partial charge in [-0.3, -0.25) is 29.0 Å². The summed E-state index contributed by atoms with van der Waals surface area (Å²) < 4.78 is 22.9. The van der Waals surface area contributed by atoms with Crippen molar-refractivity contribution in [2.45, 2.75) is 32.1 Å². The molecule has 0 saturated heterocycles. The van der Waals surface area contributed by atoms with E-state index in [2.05, 4.69) is 0 Å². The average Bonchev–Trinajstić information content (AvgIpc) is 3.56. The van der Waals surface area contributed by atoms with Crippen molar-refractivity contribution in [3.05, 3.63) is 24.3 Å². The first-order valence-corrected chi connectivity index (χ1v) is 12.9. The Labute approximate surface area is 211 Å². The molecule has 2 heterocycles. The number of imide groups is 2. The maximum atomic E-state index is 11.5. The van der Waals surface area contributed by atoms with E-state index in [1.807, 2.05) is 0 Å². The third kappa shape index (κ3) is 6.88. The molecular formula is C26H36N2O8. The standard InChI is InChI=1S/C26H36N2O8/c29-22-3-4-23(30)27(22)7-1-9-33-11-13-35-18-21-17-26(15-20(21)16-26)19-36-14-12-34-10-2-8-28-24(31)5-6-25(28)32/h3-6,20-21H,1-2,7-19H2/t20?,21-,26?/m0/s1. The minimum atomic E-state index is -0.254. The second-order valence-electron chi connectivity index (χ2n) is 10.0. The van der Waals surface area contributed by atoms with Crippen LogP contribution in [0.2, 0.25) is 0 Å². The Hall–Kier alpha value is -2.40. The second kappa shape index (κ2) is 12.7. The highest BCUT2D eigenvalue weighted by Crippen LogP contribution is 2.61. The maximum Gasteiger partial charge on any atom is 0.253 e. The molecule has 3 saturated carbocycles. The first-order valence-electron chi connectivity index (χ1n) is 12.9. The van der Waals surface area contributed by atoms with Gasteiger partial charge < -0.3 is 18.9 Å². The number of hydrogen-bond acceptors (Lipinski definition) is 8. The van der Waals surface area contributed by atoms with Crippen LogP contribution in [0.5, 0.6) is 0 Å². The van der Waals surface area contributed by atoms with Crippen LogP contribution in [-0.4, -0.2) is 99.4 Å². The van der Waals surface area contributed by atoms with Gasteiger partial charge in [0.25, 0.3) is 23.6 Å². The number of rotatable bonds is 18. The van der Waals surface area contributed by atoms with Crippen LogP contribution in [-0.2, 0) is 38.1 Å². The zero-order valence-corrected chi connectivity index (χ0v) is 20.7. The number of amides is 4. The van der Waals surface area contributed by atoms with Crippen LogP contribution in [0.1, 0.15) is 32.1 Å². The number of hydrogen-bond donors (Lipinski definition) is 0. The van der Waals surface area contributed by atoms with Crippen LogP contribution >= 0.6 is 0 Å².